The van der Waals surface area contributed by atoms with Crippen molar-refractivity contribution in [2.75, 3.05) is 57.0 Å². The average molecular weight is 760 g/mol. The Morgan fingerprint density at radius 2 is 1.80 bits per heavy atom. The molecule has 0 bridgehead atoms. The van der Waals surface area contributed by atoms with Gasteiger partial charge in [-0.25, -0.2) is 9.97 Å². The lowest BCUT2D eigenvalue weighted by atomic mass is 9.81. The summed E-state index contributed by atoms with van der Waals surface area (Å²) in [5, 5.41) is 12.3. The number of benzene rings is 1. The van der Waals surface area contributed by atoms with E-state index < -0.39 is 5.92 Å². The number of hydrogen-bond acceptors (Lipinski definition) is 11. The van der Waals surface area contributed by atoms with Gasteiger partial charge >= 0.3 is 0 Å². The van der Waals surface area contributed by atoms with Crippen molar-refractivity contribution in [3.8, 4) is 5.75 Å². The number of carbonyl (C=O) groups excluding carboxylic acids is 3. The normalized spacial score (nSPS) is 22.1. The molecule has 4 aromatic heterocycles. The molecule has 2 saturated heterocycles. The van der Waals surface area contributed by atoms with Gasteiger partial charge in [0, 0.05) is 83.3 Å². The van der Waals surface area contributed by atoms with Crippen molar-refractivity contribution in [1.82, 2.24) is 44.4 Å². The Bertz CT molecular complexity index is 2280. The van der Waals surface area contributed by atoms with E-state index in [-0.39, 0.29) is 29.9 Å². The molecule has 1 aromatic carbocycles. The van der Waals surface area contributed by atoms with Gasteiger partial charge < -0.3 is 24.4 Å². The van der Waals surface area contributed by atoms with Gasteiger partial charge in [-0.1, -0.05) is 25.0 Å². The van der Waals surface area contributed by atoms with Crippen LogP contribution in [0.2, 0.25) is 0 Å². The second-order valence-corrected chi connectivity index (χ2v) is 16.1. The highest BCUT2D eigenvalue weighted by Gasteiger charge is 2.35. The van der Waals surface area contributed by atoms with Crippen LogP contribution in [-0.4, -0.2) is 110 Å². The largest absolute Gasteiger partial charge is 0.489 e. The Morgan fingerprint density at radius 3 is 2.54 bits per heavy atom. The van der Waals surface area contributed by atoms with Crippen LogP contribution in [0.5, 0.6) is 5.75 Å². The van der Waals surface area contributed by atoms with Gasteiger partial charge in [0.25, 0.3) is 5.91 Å². The molecule has 15 heteroatoms. The number of ether oxygens (including phenoxy) is 1. The van der Waals surface area contributed by atoms with Crippen molar-refractivity contribution in [2.45, 2.75) is 69.4 Å². The molecule has 2 aliphatic carbocycles. The molecule has 15 nitrogen and oxygen atoms in total. The quantitative estimate of drug-likeness (QED) is 0.189. The number of imide groups is 1. The molecular weight excluding hydrogens is 711 g/mol. The molecule has 0 unspecified atom stereocenters. The van der Waals surface area contributed by atoms with Gasteiger partial charge in [0.05, 0.1) is 35.1 Å². The lowest BCUT2D eigenvalue weighted by molar-refractivity contribution is -0.134. The van der Waals surface area contributed by atoms with Gasteiger partial charge in [-0.15, -0.1) is 0 Å². The SMILES string of the molecule is CN(C)C(=O)c1cc2cnc(Nc3ccc(OC4CC(CN5CCN(c6cccc7c([C@H]8CCC(=O)NC8=O)nn(C)c67)CC5)C4)cn3)nc2n1C1CCCC1. The number of rotatable bonds is 10. The van der Waals surface area contributed by atoms with E-state index in [1.54, 1.807) is 31.4 Å². The van der Waals surface area contributed by atoms with E-state index in [2.05, 4.69) is 41.0 Å². The van der Waals surface area contributed by atoms with Gasteiger partial charge in [0.15, 0.2) is 0 Å². The third-order valence-electron chi connectivity index (χ3n) is 12.0. The summed E-state index contributed by atoms with van der Waals surface area (Å²) in [4.78, 5) is 58.0. The highest BCUT2D eigenvalue weighted by molar-refractivity contribution is 6.03. The first kappa shape index (κ1) is 36.1. The molecule has 6 heterocycles. The zero-order valence-corrected chi connectivity index (χ0v) is 32.3. The zero-order chi connectivity index (χ0) is 38.5. The predicted molar refractivity (Wildman–Crippen MR) is 212 cm³/mol. The van der Waals surface area contributed by atoms with Crippen molar-refractivity contribution in [3.05, 3.63) is 60.2 Å². The van der Waals surface area contributed by atoms with Crippen LogP contribution in [0.25, 0.3) is 21.9 Å². The monoisotopic (exact) mass is 759 g/mol. The lowest BCUT2D eigenvalue weighted by Gasteiger charge is -2.42. The van der Waals surface area contributed by atoms with Crippen LogP contribution in [0, 0.1) is 5.92 Å². The number of nitrogens with zero attached hydrogens (tertiary/aromatic N) is 9. The number of piperazine rings is 1. The number of fused-ring (bicyclic) bond motifs is 2. The number of nitrogens with one attached hydrogen (secondary N) is 2. The second-order valence-electron chi connectivity index (χ2n) is 16.1. The topological polar surface area (TPSA) is 156 Å². The van der Waals surface area contributed by atoms with Gasteiger partial charge in [-0.05, 0) is 62.3 Å². The van der Waals surface area contributed by atoms with Crippen molar-refractivity contribution >= 4 is 57.1 Å². The minimum atomic E-state index is -0.412. The van der Waals surface area contributed by atoms with Crippen LogP contribution < -0.4 is 20.3 Å². The van der Waals surface area contributed by atoms with Gasteiger partial charge in [0.1, 0.15) is 22.9 Å². The van der Waals surface area contributed by atoms with E-state index in [1.807, 2.05) is 42.1 Å². The van der Waals surface area contributed by atoms with Gasteiger partial charge in [-0.3, -0.25) is 29.3 Å². The fourth-order valence-electron chi connectivity index (χ4n) is 9.09. The predicted octanol–water partition coefficient (Wildman–Crippen LogP) is 4.77. The summed E-state index contributed by atoms with van der Waals surface area (Å²) in [6, 6.07) is 12.2. The molecule has 2 aliphatic heterocycles. The van der Waals surface area contributed by atoms with Crippen LogP contribution in [0.4, 0.5) is 17.5 Å². The number of piperidine rings is 1. The Balaban J connectivity index is 0.766. The van der Waals surface area contributed by atoms with E-state index in [0.29, 0.717) is 36.2 Å². The van der Waals surface area contributed by atoms with Crippen LogP contribution in [0.3, 0.4) is 0 Å². The Kier molecular flexibility index (Phi) is 9.55. The van der Waals surface area contributed by atoms with Crippen molar-refractivity contribution in [3.63, 3.8) is 0 Å². The Morgan fingerprint density at radius 1 is 1.00 bits per heavy atom. The minimum Gasteiger partial charge on any atom is -0.489 e. The number of carbonyl (C=O) groups is 3. The highest BCUT2D eigenvalue weighted by atomic mass is 16.5. The number of hydrogen-bond donors (Lipinski definition) is 2. The smallest absolute Gasteiger partial charge is 0.270 e. The standard InChI is InChI=1S/C41H49N11O4/c1-48(2)40(55)33-21-26-22-43-41(46-38(26)52(33)27-7-4-5-8-27)44-34-13-11-28(23-42-34)56-29-19-25(20-29)24-50-15-17-51(18-16-50)32-10-6-9-30-36(47-49(3)37(30)32)31-12-14-35(53)45-39(31)54/h6,9-11,13,21-23,25,27,29,31H,4-5,7-8,12,14-20,24H2,1-3H3,(H,45,53,54)(H,42,43,44,46)/t25?,29?,31-/m1/s1. The molecule has 292 valence electrons. The molecular formula is C41H49N11O4. The molecule has 4 aliphatic rings. The van der Waals surface area contributed by atoms with E-state index in [0.717, 1.165) is 110 Å². The van der Waals surface area contributed by atoms with E-state index in [1.165, 1.54) is 0 Å². The molecule has 5 aromatic rings. The van der Waals surface area contributed by atoms with E-state index >= 15 is 0 Å². The number of aryl methyl sites for hydroxylation is 1. The van der Waals surface area contributed by atoms with E-state index in [4.69, 9.17) is 14.8 Å². The average Bonchev–Trinajstić information content (AvgIpc) is 3.92. The summed E-state index contributed by atoms with van der Waals surface area (Å²) in [7, 11) is 5.49. The molecule has 9 rings (SSSR count). The van der Waals surface area contributed by atoms with E-state index in [9.17, 15) is 14.4 Å². The zero-order valence-electron chi connectivity index (χ0n) is 32.3. The fourth-order valence-corrected chi connectivity index (χ4v) is 9.09. The first-order chi connectivity index (χ1) is 27.2. The van der Waals surface area contributed by atoms with Crippen LogP contribution in [0.1, 0.15) is 79.5 Å². The first-order valence-electron chi connectivity index (χ1n) is 19.9. The summed E-state index contributed by atoms with van der Waals surface area (Å²) in [6.07, 6.45) is 10.9. The Labute approximate surface area is 325 Å². The molecule has 56 heavy (non-hydrogen) atoms. The van der Waals surface area contributed by atoms with Crippen molar-refractivity contribution in [1.29, 1.82) is 0 Å². The van der Waals surface area contributed by atoms with Crippen LogP contribution in [0.15, 0.2) is 48.8 Å². The van der Waals surface area contributed by atoms with Crippen LogP contribution >= 0.6 is 0 Å². The van der Waals surface area contributed by atoms with Crippen molar-refractivity contribution in [2.24, 2.45) is 13.0 Å². The number of amides is 3. The summed E-state index contributed by atoms with van der Waals surface area (Å²) in [5.41, 5.74) is 4.35. The number of pyridine rings is 1. The van der Waals surface area contributed by atoms with Crippen LogP contribution in [-0.2, 0) is 16.6 Å². The van der Waals surface area contributed by atoms with Gasteiger partial charge in [-0.2, -0.15) is 10.1 Å². The molecule has 0 spiro atoms. The molecule has 4 fully saturated rings. The van der Waals surface area contributed by atoms with Crippen molar-refractivity contribution < 1.29 is 19.1 Å². The Hall–Kier alpha value is -5.57. The molecule has 3 amide bonds. The maximum atomic E-state index is 13.1. The third-order valence-corrected chi connectivity index (χ3v) is 12.0. The third kappa shape index (κ3) is 6.92. The summed E-state index contributed by atoms with van der Waals surface area (Å²) >= 11 is 0. The summed E-state index contributed by atoms with van der Waals surface area (Å²) in [5.74, 6) is 1.50. The molecule has 0 radical (unpaired) electrons. The molecule has 2 N–H and O–H groups in total. The van der Waals surface area contributed by atoms with Gasteiger partial charge in [0.2, 0.25) is 17.8 Å². The number of aromatic nitrogens is 6. The summed E-state index contributed by atoms with van der Waals surface area (Å²) in [6.45, 7) is 4.85. The highest BCUT2D eigenvalue weighted by Crippen LogP contribution is 2.37. The maximum absolute atomic E-state index is 13.1. The maximum Gasteiger partial charge on any atom is 0.270 e. The molecule has 1 atom stereocenters. The number of para-hydroxylation sites is 1. The molecule has 2 saturated carbocycles. The first-order valence-corrected chi connectivity index (χ1v) is 19.9. The summed E-state index contributed by atoms with van der Waals surface area (Å²) < 4.78 is 10.3. The number of anilines is 3. The lowest BCUT2D eigenvalue weighted by Crippen LogP contribution is -2.50. The fraction of sp³-hybridized carbons (Fsp3) is 0.488. The minimum absolute atomic E-state index is 0.0288. The second kappa shape index (κ2) is 14.8.